The molecule has 0 amide bonds. The maximum Gasteiger partial charge on any atom is 0.0482 e. The Balaban J connectivity index is 2.27. The Morgan fingerprint density at radius 1 is 1.25 bits per heavy atom. The molecule has 2 rings (SSSR count). The van der Waals surface area contributed by atoms with Crippen molar-refractivity contribution in [2.24, 2.45) is 5.73 Å². The predicted molar refractivity (Wildman–Crippen MR) is 68.2 cm³/mol. The van der Waals surface area contributed by atoms with Gasteiger partial charge in [-0.1, -0.05) is 42.5 Å². The second-order valence-corrected chi connectivity index (χ2v) is 4.80. The highest BCUT2D eigenvalue weighted by Crippen LogP contribution is 2.33. The van der Waals surface area contributed by atoms with Gasteiger partial charge in [0.2, 0.25) is 0 Å². The summed E-state index contributed by atoms with van der Waals surface area (Å²) < 4.78 is 0. The highest BCUT2D eigenvalue weighted by molar-refractivity contribution is 5.24. The predicted octanol–water partition coefficient (Wildman–Crippen LogP) is 2.34. The molecule has 0 spiro atoms. The van der Waals surface area contributed by atoms with Gasteiger partial charge in [-0.3, -0.25) is 4.90 Å². The molecule has 2 unspecified atom stereocenters. The van der Waals surface area contributed by atoms with E-state index < -0.39 is 0 Å². The minimum absolute atomic E-state index is 0.0239. The van der Waals surface area contributed by atoms with Crippen LogP contribution in [0.2, 0.25) is 0 Å². The third kappa shape index (κ3) is 1.91. The van der Waals surface area contributed by atoms with Crippen LogP contribution in [0, 0.1) is 0 Å². The quantitative estimate of drug-likeness (QED) is 0.769. The molecular weight excluding hydrogens is 196 g/mol. The van der Waals surface area contributed by atoms with Crippen molar-refractivity contribution in [3.63, 3.8) is 0 Å². The van der Waals surface area contributed by atoms with E-state index in [0.29, 0.717) is 0 Å². The van der Waals surface area contributed by atoms with E-state index in [9.17, 15) is 0 Å². The van der Waals surface area contributed by atoms with Gasteiger partial charge in [0.25, 0.3) is 0 Å². The summed E-state index contributed by atoms with van der Waals surface area (Å²) in [5.74, 6) is 0. The fourth-order valence-corrected chi connectivity index (χ4v) is 2.30. The number of nitrogens with two attached hydrogens (primary N) is 1. The zero-order valence-corrected chi connectivity index (χ0v) is 10.1. The molecule has 0 aliphatic carbocycles. The molecule has 86 valence electrons. The fraction of sp³-hybridized carbons (Fsp3) is 0.429. The molecule has 0 fully saturated rings. The first kappa shape index (κ1) is 11.4. The topological polar surface area (TPSA) is 29.3 Å². The molecule has 2 atom stereocenters. The maximum atomic E-state index is 6.42. The lowest BCUT2D eigenvalue weighted by Crippen LogP contribution is -2.52. The molecule has 0 radical (unpaired) electrons. The van der Waals surface area contributed by atoms with E-state index in [4.69, 9.17) is 5.73 Å². The summed E-state index contributed by atoms with van der Waals surface area (Å²) in [6.07, 6.45) is 5.46. The van der Waals surface area contributed by atoms with Crippen LogP contribution < -0.4 is 5.73 Å². The van der Waals surface area contributed by atoms with Crippen LogP contribution in [-0.4, -0.2) is 24.0 Å². The SMILES string of the molecule is CN1CC=CCC1(C)C(N)c1ccccc1. The molecule has 1 heterocycles. The molecule has 0 aromatic heterocycles. The van der Waals surface area contributed by atoms with Gasteiger partial charge >= 0.3 is 0 Å². The van der Waals surface area contributed by atoms with Crippen LogP contribution >= 0.6 is 0 Å². The summed E-state index contributed by atoms with van der Waals surface area (Å²) in [4.78, 5) is 2.34. The summed E-state index contributed by atoms with van der Waals surface area (Å²) in [7, 11) is 2.15. The number of benzene rings is 1. The molecule has 0 saturated carbocycles. The maximum absolute atomic E-state index is 6.42. The molecule has 1 aromatic rings. The summed E-state index contributed by atoms with van der Waals surface area (Å²) in [5, 5.41) is 0. The van der Waals surface area contributed by atoms with Crippen molar-refractivity contribution >= 4 is 0 Å². The largest absolute Gasteiger partial charge is 0.322 e. The van der Waals surface area contributed by atoms with Gasteiger partial charge in [-0.15, -0.1) is 0 Å². The van der Waals surface area contributed by atoms with Crippen LogP contribution in [0.15, 0.2) is 42.5 Å². The van der Waals surface area contributed by atoms with Crippen LogP contribution in [0.5, 0.6) is 0 Å². The van der Waals surface area contributed by atoms with E-state index in [1.807, 2.05) is 6.07 Å². The summed E-state index contributed by atoms with van der Waals surface area (Å²) in [6.45, 7) is 3.23. The van der Waals surface area contributed by atoms with Gasteiger partial charge in [-0.05, 0) is 26.0 Å². The molecule has 1 aromatic carbocycles. The molecule has 16 heavy (non-hydrogen) atoms. The second-order valence-electron chi connectivity index (χ2n) is 4.80. The zero-order valence-electron chi connectivity index (χ0n) is 10.1. The highest BCUT2D eigenvalue weighted by Gasteiger charge is 2.36. The van der Waals surface area contributed by atoms with Crippen LogP contribution in [0.25, 0.3) is 0 Å². The van der Waals surface area contributed by atoms with E-state index in [2.05, 4.69) is 55.3 Å². The minimum Gasteiger partial charge on any atom is -0.322 e. The highest BCUT2D eigenvalue weighted by atomic mass is 15.2. The fourth-order valence-electron chi connectivity index (χ4n) is 2.30. The molecule has 2 heteroatoms. The number of hydrogen-bond acceptors (Lipinski definition) is 2. The van der Waals surface area contributed by atoms with E-state index in [0.717, 1.165) is 13.0 Å². The average molecular weight is 216 g/mol. The van der Waals surface area contributed by atoms with Crippen molar-refractivity contribution < 1.29 is 0 Å². The Hall–Kier alpha value is -1.12. The Morgan fingerprint density at radius 3 is 2.56 bits per heavy atom. The second kappa shape index (κ2) is 4.40. The lowest BCUT2D eigenvalue weighted by Gasteiger charge is -2.44. The monoisotopic (exact) mass is 216 g/mol. The summed E-state index contributed by atoms with van der Waals surface area (Å²) in [5.41, 5.74) is 7.66. The first-order valence-electron chi connectivity index (χ1n) is 5.81. The van der Waals surface area contributed by atoms with Gasteiger partial charge in [0.05, 0.1) is 0 Å². The normalized spacial score (nSPS) is 27.9. The third-order valence-electron chi connectivity index (χ3n) is 3.78. The number of hydrogen-bond donors (Lipinski definition) is 1. The molecule has 2 nitrogen and oxygen atoms in total. The van der Waals surface area contributed by atoms with Crippen molar-refractivity contribution in [3.8, 4) is 0 Å². The van der Waals surface area contributed by atoms with Crippen molar-refractivity contribution in [2.45, 2.75) is 24.9 Å². The molecule has 2 N–H and O–H groups in total. The molecule has 1 aliphatic rings. The minimum atomic E-state index is 0.0239. The molecular formula is C14H20N2. The van der Waals surface area contributed by atoms with Gasteiger partial charge in [-0.25, -0.2) is 0 Å². The Labute approximate surface area is 97.8 Å². The lowest BCUT2D eigenvalue weighted by molar-refractivity contribution is 0.114. The standard InChI is InChI=1S/C14H20N2/c1-14(10-6-7-11-16(14)2)13(15)12-8-4-3-5-9-12/h3-9,13H,10-11,15H2,1-2H3. The number of rotatable bonds is 2. The molecule has 0 bridgehead atoms. The van der Waals surface area contributed by atoms with Crippen molar-refractivity contribution in [2.75, 3.05) is 13.6 Å². The third-order valence-corrected chi connectivity index (χ3v) is 3.78. The average Bonchev–Trinajstić information content (AvgIpc) is 2.33. The Morgan fingerprint density at radius 2 is 1.94 bits per heavy atom. The molecule has 0 saturated heterocycles. The van der Waals surface area contributed by atoms with Crippen LogP contribution in [-0.2, 0) is 0 Å². The van der Waals surface area contributed by atoms with Gasteiger partial charge < -0.3 is 5.73 Å². The van der Waals surface area contributed by atoms with Gasteiger partial charge in [-0.2, -0.15) is 0 Å². The van der Waals surface area contributed by atoms with Gasteiger partial charge in [0, 0.05) is 18.1 Å². The van der Waals surface area contributed by atoms with E-state index >= 15 is 0 Å². The lowest BCUT2D eigenvalue weighted by atomic mass is 9.82. The van der Waals surface area contributed by atoms with Gasteiger partial charge in [0.1, 0.15) is 0 Å². The summed E-state index contributed by atoms with van der Waals surface area (Å²) in [6, 6.07) is 10.4. The van der Waals surface area contributed by atoms with E-state index in [1.54, 1.807) is 0 Å². The van der Waals surface area contributed by atoms with Crippen LogP contribution in [0.4, 0.5) is 0 Å². The first-order chi connectivity index (χ1) is 7.64. The van der Waals surface area contributed by atoms with Crippen LogP contribution in [0.1, 0.15) is 24.9 Å². The summed E-state index contributed by atoms with van der Waals surface area (Å²) >= 11 is 0. The van der Waals surface area contributed by atoms with Crippen molar-refractivity contribution in [1.82, 2.24) is 4.90 Å². The van der Waals surface area contributed by atoms with Crippen molar-refractivity contribution in [3.05, 3.63) is 48.0 Å². The van der Waals surface area contributed by atoms with E-state index in [-0.39, 0.29) is 11.6 Å². The van der Waals surface area contributed by atoms with Crippen molar-refractivity contribution in [1.29, 1.82) is 0 Å². The number of nitrogens with zero attached hydrogens (tertiary/aromatic N) is 1. The zero-order chi connectivity index (χ0) is 11.6. The molecule has 1 aliphatic heterocycles. The number of likely N-dealkylation sites (N-methyl/N-ethyl adjacent to an activating group) is 1. The Kier molecular flexibility index (Phi) is 3.13. The van der Waals surface area contributed by atoms with Crippen LogP contribution in [0.3, 0.4) is 0 Å². The smallest absolute Gasteiger partial charge is 0.0482 e. The van der Waals surface area contributed by atoms with Gasteiger partial charge in [0.15, 0.2) is 0 Å². The Bertz CT molecular complexity index is 372. The first-order valence-corrected chi connectivity index (χ1v) is 5.81. The van der Waals surface area contributed by atoms with E-state index in [1.165, 1.54) is 5.56 Å².